The van der Waals surface area contributed by atoms with Crippen LogP contribution in [0.15, 0.2) is 12.1 Å². The first-order valence-corrected chi connectivity index (χ1v) is 6.44. The Kier molecular flexibility index (Phi) is 4.25. The van der Waals surface area contributed by atoms with Crippen molar-refractivity contribution < 1.29 is 24.0 Å². The number of anilines is 1. The van der Waals surface area contributed by atoms with Gasteiger partial charge in [0.15, 0.2) is 11.6 Å². The maximum absolute atomic E-state index is 13.6. The van der Waals surface area contributed by atoms with Crippen LogP contribution in [0.2, 0.25) is 0 Å². The molecule has 1 N–H and O–H groups in total. The Balaban J connectivity index is 2.41. The molecule has 114 valence electrons. The molecule has 8 heteroatoms. The van der Waals surface area contributed by atoms with Gasteiger partial charge in [-0.15, -0.1) is 0 Å². The van der Waals surface area contributed by atoms with Gasteiger partial charge in [-0.3, -0.25) is 14.9 Å². The molecule has 21 heavy (non-hydrogen) atoms. The molecular formula is C13H15FN2O5. The number of nitrogens with zero attached hydrogens (tertiary/aromatic N) is 2. The fraction of sp³-hybridized carbons (Fsp3) is 0.462. The summed E-state index contributed by atoms with van der Waals surface area (Å²) in [5, 5.41) is 19.9. The van der Waals surface area contributed by atoms with Crippen LogP contribution >= 0.6 is 0 Å². The summed E-state index contributed by atoms with van der Waals surface area (Å²) in [6.07, 6.45) is 1.51. The molecule has 1 aliphatic carbocycles. The van der Waals surface area contributed by atoms with Gasteiger partial charge in [0.2, 0.25) is 0 Å². The highest BCUT2D eigenvalue weighted by Gasteiger charge is 2.34. The van der Waals surface area contributed by atoms with Crippen LogP contribution in [0, 0.1) is 15.9 Å². The number of rotatable bonds is 7. The van der Waals surface area contributed by atoms with Gasteiger partial charge >= 0.3 is 5.97 Å². The number of hydrogen-bond donors (Lipinski definition) is 1. The zero-order valence-corrected chi connectivity index (χ0v) is 11.4. The molecule has 0 heterocycles. The van der Waals surface area contributed by atoms with E-state index < -0.39 is 16.7 Å². The molecule has 1 aromatic carbocycles. The van der Waals surface area contributed by atoms with E-state index >= 15 is 0 Å². The Bertz CT molecular complexity index is 574. The lowest BCUT2D eigenvalue weighted by molar-refractivity contribution is -0.384. The van der Waals surface area contributed by atoms with Crippen LogP contribution in [0.1, 0.15) is 19.3 Å². The maximum Gasteiger partial charge on any atom is 0.305 e. The average molecular weight is 298 g/mol. The van der Waals surface area contributed by atoms with Gasteiger partial charge in [-0.2, -0.15) is 0 Å². The van der Waals surface area contributed by atoms with Crippen LogP contribution in [0.25, 0.3) is 0 Å². The number of carboxylic acid groups (broad SMARTS) is 1. The maximum atomic E-state index is 13.6. The summed E-state index contributed by atoms with van der Waals surface area (Å²) in [4.78, 5) is 22.8. The van der Waals surface area contributed by atoms with Crippen molar-refractivity contribution in [1.29, 1.82) is 0 Å². The minimum absolute atomic E-state index is 0.0539. The van der Waals surface area contributed by atoms with E-state index in [4.69, 9.17) is 9.84 Å². The van der Waals surface area contributed by atoms with Crippen molar-refractivity contribution in [1.82, 2.24) is 0 Å². The zero-order chi connectivity index (χ0) is 15.6. The molecule has 7 nitrogen and oxygen atoms in total. The normalized spacial score (nSPS) is 13.8. The number of nitro groups is 1. The molecule has 1 saturated carbocycles. The van der Waals surface area contributed by atoms with E-state index in [2.05, 4.69) is 0 Å². The molecular weight excluding hydrogens is 283 g/mol. The molecule has 0 amide bonds. The third-order valence-electron chi connectivity index (χ3n) is 3.31. The summed E-state index contributed by atoms with van der Waals surface area (Å²) in [5.74, 6) is -1.91. The number of halogens is 1. The Morgan fingerprint density at radius 3 is 2.71 bits per heavy atom. The van der Waals surface area contributed by atoms with E-state index in [9.17, 15) is 19.3 Å². The van der Waals surface area contributed by atoms with Crippen molar-refractivity contribution in [2.45, 2.75) is 25.3 Å². The predicted octanol–water partition coefficient (Wildman–Crippen LogP) is 2.19. The van der Waals surface area contributed by atoms with Crippen molar-refractivity contribution in [3.8, 4) is 5.75 Å². The molecule has 0 unspecified atom stereocenters. The monoisotopic (exact) mass is 298 g/mol. The number of nitro benzene ring substituents is 1. The summed E-state index contributed by atoms with van der Waals surface area (Å²) in [6, 6.07) is 2.12. The number of methoxy groups -OCH3 is 1. The van der Waals surface area contributed by atoms with E-state index in [1.54, 1.807) is 4.90 Å². The first-order valence-electron chi connectivity index (χ1n) is 6.44. The minimum atomic E-state index is -0.989. The van der Waals surface area contributed by atoms with Crippen LogP contribution in [-0.2, 0) is 4.79 Å². The van der Waals surface area contributed by atoms with Gasteiger partial charge in [-0.05, 0) is 12.8 Å². The zero-order valence-electron chi connectivity index (χ0n) is 11.4. The van der Waals surface area contributed by atoms with E-state index in [1.807, 2.05) is 0 Å². The van der Waals surface area contributed by atoms with Crippen LogP contribution in [0.4, 0.5) is 15.8 Å². The van der Waals surface area contributed by atoms with Crippen LogP contribution in [-0.4, -0.2) is 35.7 Å². The predicted molar refractivity (Wildman–Crippen MR) is 72.2 cm³/mol. The van der Waals surface area contributed by atoms with E-state index in [0.717, 1.165) is 18.9 Å². The van der Waals surface area contributed by atoms with E-state index in [0.29, 0.717) is 0 Å². The van der Waals surface area contributed by atoms with E-state index in [1.165, 1.54) is 13.2 Å². The molecule has 0 saturated heterocycles. The second kappa shape index (κ2) is 5.94. The SMILES string of the molecule is COc1cc(N(CCC(=O)O)C2CC2)c([N+](=O)[O-])cc1F. The third-order valence-corrected chi connectivity index (χ3v) is 3.31. The first kappa shape index (κ1) is 15.0. The third kappa shape index (κ3) is 3.39. The lowest BCUT2D eigenvalue weighted by atomic mass is 10.2. The standard InChI is InChI=1S/C13H15FN2O5/c1-21-12-7-10(11(16(19)20)6-9(12)14)15(8-2-3-8)5-4-13(17)18/h6-8H,2-5H2,1H3,(H,17,18). The molecule has 1 aliphatic rings. The van der Waals surface area contributed by atoms with E-state index in [-0.39, 0.29) is 36.1 Å². The summed E-state index contributed by atoms with van der Waals surface area (Å²) in [7, 11) is 1.27. The Hall–Kier alpha value is -2.38. The lowest BCUT2D eigenvalue weighted by Gasteiger charge is -2.24. The second-order valence-corrected chi connectivity index (χ2v) is 4.80. The molecule has 0 spiro atoms. The Morgan fingerprint density at radius 1 is 1.57 bits per heavy atom. The largest absolute Gasteiger partial charge is 0.494 e. The molecule has 1 aromatic rings. The molecule has 2 rings (SSSR count). The number of hydrogen-bond acceptors (Lipinski definition) is 5. The highest BCUT2D eigenvalue weighted by atomic mass is 19.1. The van der Waals surface area contributed by atoms with Crippen molar-refractivity contribution in [3.63, 3.8) is 0 Å². The Labute approximate surface area is 120 Å². The molecule has 0 bridgehead atoms. The molecule has 0 aliphatic heterocycles. The highest BCUT2D eigenvalue weighted by Crippen LogP contribution is 2.40. The van der Waals surface area contributed by atoms with Crippen LogP contribution < -0.4 is 9.64 Å². The fourth-order valence-electron chi connectivity index (χ4n) is 2.17. The Morgan fingerprint density at radius 2 is 2.24 bits per heavy atom. The highest BCUT2D eigenvalue weighted by molar-refractivity contribution is 5.70. The summed E-state index contributed by atoms with van der Waals surface area (Å²) in [5.41, 5.74) is -0.187. The quantitative estimate of drug-likeness (QED) is 0.612. The summed E-state index contributed by atoms with van der Waals surface area (Å²) >= 11 is 0. The first-order chi connectivity index (χ1) is 9.93. The second-order valence-electron chi connectivity index (χ2n) is 4.80. The van der Waals surface area contributed by atoms with Crippen molar-refractivity contribution in [2.24, 2.45) is 0 Å². The van der Waals surface area contributed by atoms with Gasteiger partial charge in [0.1, 0.15) is 5.69 Å². The molecule has 0 atom stereocenters. The smallest absolute Gasteiger partial charge is 0.305 e. The number of ether oxygens (including phenoxy) is 1. The number of carbonyl (C=O) groups is 1. The van der Waals surface area contributed by atoms with Crippen molar-refractivity contribution in [2.75, 3.05) is 18.6 Å². The van der Waals surface area contributed by atoms with Crippen LogP contribution in [0.3, 0.4) is 0 Å². The summed E-state index contributed by atoms with van der Waals surface area (Å²) in [6.45, 7) is 0.135. The van der Waals surface area contributed by atoms with Gasteiger partial charge in [0.25, 0.3) is 5.69 Å². The number of aliphatic carboxylic acids is 1. The molecule has 1 fully saturated rings. The fourth-order valence-corrected chi connectivity index (χ4v) is 2.17. The minimum Gasteiger partial charge on any atom is -0.494 e. The molecule has 0 aromatic heterocycles. The van der Waals surface area contributed by atoms with Gasteiger partial charge in [0, 0.05) is 18.7 Å². The topological polar surface area (TPSA) is 92.9 Å². The number of benzene rings is 1. The van der Waals surface area contributed by atoms with Gasteiger partial charge < -0.3 is 14.7 Å². The van der Waals surface area contributed by atoms with Gasteiger partial charge in [-0.1, -0.05) is 0 Å². The van der Waals surface area contributed by atoms with Gasteiger partial charge in [0.05, 0.1) is 24.5 Å². The molecule has 0 radical (unpaired) electrons. The van der Waals surface area contributed by atoms with Crippen LogP contribution in [0.5, 0.6) is 5.75 Å². The van der Waals surface area contributed by atoms with Crippen molar-refractivity contribution in [3.05, 3.63) is 28.1 Å². The van der Waals surface area contributed by atoms with Crippen molar-refractivity contribution >= 4 is 17.3 Å². The summed E-state index contributed by atoms with van der Waals surface area (Å²) < 4.78 is 18.5. The average Bonchev–Trinajstić information content (AvgIpc) is 3.24. The van der Waals surface area contributed by atoms with Gasteiger partial charge in [-0.25, -0.2) is 4.39 Å². The number of carboxylic acids is 1. The lowest BCUT2D eigenvalue weighted by Crippen LogP contribution is -2.29.